The Morgan fingerprint density at radius 2 is 1.85 bits per heavy atom. The molecule has 0 saturated heterocycles. The molecule has 4 aliphatic heterocycles. The van der Waals surface area contributed by atoms with E-state index in [1.165, 1.54) is 16.8 Å². The maximum Gasteiger partial charge on any atom is 0.303 e. The van der Waals surface area contributed by atoms with E-state index in [1.54, 1.807) is 6.07 Å². The first-order valence-electron chi connectivity index (χ1n) is 18.9. The number of anilines is 1. The van der Waals surface area contributed by atoms with Gasteiger partial charge in [-0.25, -0.2) is 8.42 Å². The predicted octanol–water partition coefficient (Wildman–Crippen LogP) is 8.51. The minimum atomic E-state index is -4.35. The number of aryl methyl sites for hydroxylation is 2. The highest BCUT2D eigenvalue weighted by Gasteiger charge is 2.49. The van der Waals surface area contributed by atoms with Gasteiger partial charge >= 0.3 is 5.97 Å². The Balaban J connectivity index is 1.44. The molecule has 0 aromatic heterocycles. The van der Waals surface area contributed by atoms with Gasteiger partial charge in [-0.1, -0.05) is 39.3 Å². The molecule has 1 unspecified atom stereocenters. The maximum atomic E-state index is 16.0. The number of benzene rings is 2. The van der Waals surface area contributed by atoms with Gasteiger partial charge in [0.1, 0.15) is 18.1 Å². The number of fused-ring (bicyclic) bond motifs is 3. The first-order valence-corrected chi connectivity index (χ1v) is 20.5. The number of ether oxygens (including phenoxy) is 1. The number of nitrogens with zero attached hydrogens (tertiary/aromatic N) is 2. The first-order chi connectivity index (χ1) is 24.6. The van der Waals surface area contributed by atoms with Crippen LogP contribution in [0.15, 0.2) is 48.3 Å². The van der Waals surface area contributed by atoms with Gasteiger partial charge in [-0.3, -0.25) is 4.79 Å². The van der Waals surface area contributed by atoms with E-state index in [0.717, 1.165) is 78.3 Å². The van der Waals surface area contributed by atoms with E-state index in [2.05, 4.69) is 56.9 Å². The van der Waals surface area contributed by atoms with E-state index in [4.69, 9.17) is 9.84 Å². The summed E-state index contributed by atoms with van der Waals surface area (Å²) < 4.78 is 59.1. The molecule has 0 fully saturated rings. The Hall–Kier alpha value is -3.76. The van der Waals surface area contributed by atoms with Crippen LogP contribution in [0.3, 0.4) is 0 Å². The number of allylic oxidation sites excluding steroid dienone is 6. The number of unbranched alkanes of at least 4 members (excludes halogenated alkanes) is 3. The topological polar surface area (TPSA) is 110 Å². The molecule has 2 aromatic carbocycles. The van der Waals surface area contributed by atoms with Crippen molar-refractivity contribution in [3.05, 3.63) is 81.9 Å². The summed E-state index contributed by atoms with van der Waals surface area (Å²) in [6.45, 7) is 13.1. The normalized spacial score (nSPS) is 20.6. The third-order valence-corrected chi connectivity index (χ3v) is 11.9. The number of hydrogen-bond acceptors (Lipinski definition) is 6. The molecule has 0 spiro atoms. The quantitative estimate of drug-likeness (QED) is 0.125. The van der Waals surface area contributed by atoms with Crippen LogP contribution in [0.25, 0.3) is 5.57 Å². The minimum Gasteiger partial charge on any atom is -0.748 e. The molecule has 52 heavy (non-hydrogen) atoms. The molecule has 0 radical (unpaired) electrons. The zero-order chi connectivity index (χ0) is 37.4. The van der Waals surface area contributed by atoms with Gasteiger partial charge in [0.15, 0.2) is 11.5 Å². The van der Waals surface area contributed by atoms with Gasteiger partial charge in [-0.2, -0.15) is 8.97 Å². The summed E-state index contributed by atoms with van der Waals surface area (Å²) in [6, 6.07) is 5.88. The molecule has 0 bridgehead atoms. The van der Waals surface area contributed by atoms with Crippen molar-refractivity contribution >= 4 is 38.7 Å². The average molecular weight is 733 g/mol. The van der Waals surface area contributed by atoms with Crippen molar-refractivity contribution < 1.29 is 36.6 Å². The second-order valence-corrected chi connectivity index (χ2v) is 17.7. The van der Waals surface area contributed by atoms with Gasteiger partial charge in [-0.15, -0.1) is 0 Å². The Bertz CT molecular complexity index is 1990. The summed E-state index contributed by atoms with van der Waals surface area (Å²) >= 11 is 0. The number of aliphatic carboxylic acids is 1. The molecule has 2 aromatic rings. The number of carboxylic acids is 1. The summed E-state index contributed by atoms with van der Waals surface area (Å²) in [4.78, 5) is 13.7. The largest absolute Gasteiger partial charge is 0.748 e. The Morgan fingerprint density at radius 1 is 1.10 bits per heavy atom. The van der Waals surface area contributed by atoms with Crippen LogP contribution in [-0.2, 0) is 33.2 Å². The highest BCUT2D eigenvalue weighted by Crippen LogP contribution is 2.49. The van der Waals surface area contributed by atoms with Crippen molar-refractivity contribution in [1.29, 1.82) is 0 Å². The second-order valence-electron chi connectivity index (χ2n) is 16.2. The van der Waals surface area contributed by atoms with Crippen LogP contribution in [0.5, 0.6) is 5.75 Å². The Morgan fingerprint density at radius 3 is 2.56 bits per heavy atom. The lowest BCUT2D eigenvalue weighted by atomic mass is 9.75. The molecule has 1 N–H and O–H groups in total. The SMILES string of the molecule is Cc1cc(F)c2c(c1)C(C)(CCCCS(=O)(=O)[O-])C(/C=C/C=C1\C=C(C(C)(C)C)Oc3c1cc1c4c3CCCN4CCC1)=[N+]2CCCCCC(=O)O. The number of halogens is 1. The number of hydrogen-bond donors (Lipinski definition) is 1. The standard InChI is InChI=1S/C42H53FN2O6S/c1-28-24-33-39(34(43)25-28)45(22-9-6-7-18-37(46)47)35(42(33,5)19-8-10-23-52(48,49)50)17-11-14-29-27-36(41(2,3)4)51-40-31-16-13-21-44-20-12-15-30(38(31)44)26-32(29)40/h11,14,17,24-27H,6-10,12-13,15-16,18-23H2,1-5H3,(H-,46,47,48,49,50). The smallest absolute Gasteiger partial charge is 0.303 e. The van der Waals surface area contributed by atoms with Crippen molar-refractivity contribution in [2.75, 3.05) is 30.3 Å². The number of carbonyl (C=O) groups is 1. The van der Waals surface area contributed by atoms with E-state index < -0.39 is 27.3 Å². The lowest BCUT2D eigenvalue weighted by Crippen LogP contribution is -2.35. The van der Waals surface area contributed by atoms with Crippen molar-refractivity contribution in [2.24, 2.45) is 5.41 Å². The van der Waals surface area contributed by atoms with Crippen LogP contribution < -0.4 is 9.64 Å². The third-order valence-electron chi connectivity index (χ3n) is 11.1. The predicted molar refractivity (Wildman–Crippen MR) is 203 cm³/mol. The van der Waals surface area contributed by atoms with Crippen LogP contribution in [0, 0.1) is 18.2 Å². The average Bonchev–Trinajstić information content (AvgIpc) is 3.29. The fourth-order valence-electron chi connectivity index (χ4n) is 8.51. The number of rotatable bonds is 13. The number of carboxylic acid groups (broad SMARTS) is 1. The fourth-order valence-corrected chi connectivity index (χ4v) is 9.06. The van der Waals surface area contributed by atoms with Gasteiger partial charge in [0.05, 0.1) is 15.5 Å². The molecule has 10 heteroatoms. The molecule has 0 saturated carbocycles. The van der Waals surface area contributed by atoms with E-state index in [-0.39, 0.29) is 24.1 Å². The van der Waals surface area contributed by atoms with Crippen LogP contribution in [0.4, 0.5) is 15.8 Å². The Labute approximate surface area is 308 Å². The fraction of sp³-hybridized carbons (Fsp3) is 0.524. The minimum absolute atomic E-state index is 0.0900. The van der Waals surface area contributed by atoms with Crippen molar-refractivity contribution in [1.82, 2.24) is 0 Å². The van der Waals surface area contributed by atoms with Gasteiger partial charge in [0, 0.05) is 65.6 Å². The van der Waals surface area contributed by atoms with E-state index in [0.29, 0.717) is 44.3 Å². The molecule has 4 aliphatic rings. The molecule has 8 nitrogen and oxygen atoms in total. The molecule has 0 aliphatic carbocycles. The Kier molecular flexibility index (Phi) is 10.9. The summed E-state index contributed by atoms with van der Waals surface area (Å²) in [5.41, 5.74) is 8.36. The lowest BCUT2D eigenvalue weighted by molar-refractivity contribution is -0.440. The summed E-state index contributed by atoms with van der Waals surface area (Å²) in [7, 11) is -4.35. The van der Waals surface area contributed by atoms with Gasteiger partial charge in [-0.05, 0) is 106 Å². The zero-order valence-corrected chi connectivity index (χ0v) is 32.1. The van der Waals surface area contributed by atoms with Crippen LogP contribution in [-0.4, -0.2) is 59.7 Å². The summed E-state index contributed by atoms with van der Waals surface area (Å²) in [6.07, 6.45) is 15.9. The highest BCUT2D eigenvalue weighted by molar-refractivity contribution is 7.85. The van der Waals surface area contributed by atoms with E-state index >= 15 is 4.39 Å². The van der Waals surface area contributed by atoms with Crippen LogP contribution in [0.2, 0.25) is 0 Å². The van der Waals surface area contributed by atoms with E-state index in [1.807, 2.05) is 23.6 Å². The maximum absolute atomic E-state index is 16.0. The van der Waals surface area contributed by atoms with Crippen molar-refractivity contribution in [3.63, 3.8) is 0 Å². The highest BCUT2D eigenvalue weighted by atomic mass is 32.2. The van der Waals surface area contributed by atoms with E-state index in [9.17, 15) is 17.8 Å². The third kappa shape index (κ3) is 7.93. The first kappa shape index (κ1) is 38.0. The van der Waals surface area contributed by atoms with Crippen molar-refractivity contribution in [2.45, 2.75) is 111 Å². The molecule has 1 atom stereocenters. The lowest BCUT2D eigenvalue weighted by Gasteiger charge is -2.40. The van der Waals surface area contributed by atoms with Crippen molar-refractivity contribution in [3.8, 4) is 5.75 Å². The molecule has 6 rings (SSSR count). The summed E-state index contributed by atoms with van der Waals surface area (Å²) in [5.74, 6) is 0.278. The van der Waals surface area contributed by atoms with Gasteiger partial charge in [0.2, 0.25) is 5.69 Å². The van der Waals surface area contributed by atoms with Crippen LogP contribution >= 0.6 is 0 Å². The van der Waals surface area contributed by atoms with Gasteiger partial charge < -0.3 is 19.3 Å². The molecule has 4 heterocycles. The molecule has 280 valence electrons. The molecular weight excluding hydrogens is 680 g/mol. The molecule has 0 amide bonds. The monoisotopic (exact) mass is 732 g/mol. The summed E-state index contributed by atoms with van der Waals surface area (Å²) in [5, 5.41) is 9.16. The zero-order valence-electron chi connectivity index (χ0n) is 31.3. The van der Waals surface area contributed by atoms with Crippen LogP contribution in [0.1, 0.15) is 113 Å². The second kappa shape index (κ2) is 14.9. The van der Waals surface area contributed by atoms with Gasteiger partial charge in [0.25, 0.3) is 0 Å². The molecular formula is C42H53FN2O6S.